The molecule has 1 aromatic carbocycles. The van der Waals surface area contributed by atoms with Gasteiger partial charge in [0, 0.05) is 29.5 Å². The molecule has 0 radical (unpaired) electrons. The van der Waals surface area contributed by atoms with Crippen LogP contribution < -0.4 is 5.56 Å². The molecule has 3 aromatic heterocycles. The van der Waals surface area contributed by atoms with Gasteiger partial charge in [0.25, 0.3) is 5.56 Å². The molecule has 4 aromatic rings. The maximum atomic E-state index is 12.3. The first-order valence-electron chi connectivity index (χ1n) is 6.11. The number of aromatic amines is 1. The van der Waals surface area contributed by atoms with Gasteiger partial charge in [-0.15, -0.1) is 0 Å². The number of aromatic nitrogens is 3. The molecule has 1 N–H and O–H groups in total. The lowest BCUT2D eigenvalue weighted by Crippen LogP contribution is -2.09. The van der Waals surface area contributed by atoms with Gasteiger partial charge in [0.15, 0.2) is 0 Å². The van der Waals surface area contributed by atoms with Gasteiger partial charge >= 0.3 is 0 Å². The summed E-state index contributed by atoms with van der Waals surface area (Å²) in [6.45, 7) is 0. The normalized spacial score (nSPS) is 11.6. The molecule has 0 aliphatic rings. The fraction of sp³-hybridized carbons (Fsp3) is 0.0667. The van der Waals surface area contributed by atoms with Gasteiger partial charge < -0.3 is 9.55 Å². The zero-order valence-electron chi connectivity index (χ0n) is 10.3. The molecular formula is C15H11N3O. The van der Waals surface area contributed by atoms with E-state index in [1.54, 1.807) is 6.20 Å². The second kappa shape index (κ2) is 3.45. The maximum absolute atomic E-state index is 12.3. The Labute approximate surface area is 108 Å². The number of nitrogens with zero attached hydrogens (tertiary/aromatic N) is 2. The minimum absolute atomic E-state index is 0.0748. The van der Waals surface area contributed by atoms with Crippen LogP contribution >= 0.6 is 0 Å². The highest BCUT2D eigenvalue weighted by atomic mass is 16.1. The number of rotatable bonds is 0. The molecule has 4 nitrogen and oxygen atoms in total. The van der Waals surface area contributed by atoms with Gasteiger partial charge in [0.05, 0.1) is 11.0 Å². The van der Waals surface area contributed by atoms with Crippen LogP contribution in [0.4, 0.5) is 0 Å². The average Bonchev–Trinajstić information content (AvgIpc) is 2.74. The van der Waals surface area contributed by atoms with Gasteiger partial charge in [-0.3, -0.25) is 9.78 Å². The SMILES string of the molecule is Cn1c2ccccc2c2c3ncccc3[nH]c(=O)c21. The van der Waals surface area contributed by atoms with Crippen LogP contribution in [0, 0.1) is 0 Å². The number of aryl methyl sites for hydroxylation is 1. The third-order valence-corrected chi connectivity index (χ3v) is 3.61. The fourth-order valence-electron chi connectivity index (χ4n) is 2.79. The van der Waals surface area contributed by atoms with Crippen LogP contribution in [0.25, 0.3) is 32.8 Å². The Morgan fingerprint density at radius 2 is 2.00 bits per heavy atom. The lowest BCUT2D eigenvalue weighted by atomic mass is 10.1. The number of hydrogen-bond donors (Lipinski definition) is 1. The molecule has 0 bridgehead atoms. The standard InChI is InChI=1S/C15H11N3O/c1-18-11-7-3-2-5-9(11)12-13-10(6-4-8-16-13)17-15(19)14(12)18/h2-8H,1H3,(H,17,19). The predicted octanol–water partition coefficient (Wildman–Crippen LogP) is 2.57. The molecule has 0 aliphatic carbocycles. The molecule has 3 heterocycles. The van der Waals surface area contributed by atoms with E-state index in [4.69, 9.17) is 0 Å². The second-order valence-electron chi connectivity index (χ2n) is 4.65. The van der Waals surface area contributed by atoms with Crippen LogP contribution in [0.5, 0.6) is 0 Å². The van der Waals surface area contributed by atoms with Crippen LogP contribution in [-0.4, -0.2) is 14.5 Å². The zero-order chi connectivity index (χ0) is 13.0. The van der Waals surface area contributed by atoms with E-state index in [0.29, 0.717) is 5.52 Å². The van der Waals surface area contributed by atoms with E-state index in [1.165, 1.54) is 0 Å². The molecule has 0 saturated heterocycles. The number of hydrogen-bond acceptors (Lipinski definition) is 2. The summed E-state index contributed by atoms with van der Waals surface area (Å²) < 4.78 is 1.93. The first kappa shape index (κ1) is 10.3. The number of fused-ring (bicyclic) bond motifs is 5. The molecule has 0 atom stereocenters. The van der Waals surface area contributed by atoms with Crippen LogP contribution in [0.3, 0.4) is 0 Å². The number of nitrogens with one attached hydrogen (secondary N) is 1. The number of H-pyrrole nitrogens is 1. The highest BCUT2D eigenvalue weighted by Gasteiger charge is 2.14. The smallest absolute Gasteiger partial charge is 0.273 e. The lowest BCUT2D eigenvalue weighted by molar-refractivity contribution is 1.00. The Bertz CT molecular complexity index is 995. The Morgan fingerprint density at radius 3 is 2.89 bits per heavy atom. The summed E-state index contributed by atoms with van der Waals surface area (Å²) >= 11 is 0. The molecule has 0 fully saturated rings. The van der Waals surface area contributed by atoms with Crippen molar-refractivity contribution in [2.75, 3.05) is 0 Å². The minimum atomic E-state index is -0.0748. The minimum Gasteiger partial charge on any atom is -0.339 e. The number of pyridine rings is 2. The summed E-state index contributed by atoms with van der Waals surface area (Å²) in [5, 5.41) is 1.99. The summed E-state index contributed by atoms with van der Waals surface area (Å²) in [4.78, 5) is 19.6. The molecule has 0 amide bonds. The van der Waals surface area contributed by atoms with Gasteiger partial charge in [-0.05, 0) is 18.2 Å². The zero-order valence-corrected chi connectivity index (χ0v) is 10.3. The van der Waals surface area contributed by atoms with Crippen LogP contribution in [0.1, 0.15) is 0 Å². The first-order valence-corrected chi connectivity index (χ1v) is 6.11. The van der Waals surface area contributed by atoms with Crippen molar-refractivity contribution >= 4 is 32.8 Å². The van der Waals surface area contributed by atoms with Crippen molar-refractivity contribution in [1.82, 2.24) is 14.5 Å². The second-order valence-corrected chi connectivity index (χ2v) is 4.65. The van der Waals surface area contributed by atoms with E-state index < -0.39 is 0 Å². The first-order chi connectivity index (χ1) is 9.27. The van der Waals surface area contributed by atoms with Crippen LogP contribution in [-0.2, 0) is 7.05 Å². The van der Waals surface area contributed by atoms with Crippen molar-refractivity contribution in [2.45, 2.75) is 0 Å². The summed E-state index contributed by atoms with van der Waals surface area (Å²) in [5.41, 5.74) is 3.26. The highest BCUT2D eigenvalue weighted by Crippen LogP contribution is 2.29. The van der Waals surface area contributed by atoms with E-state index in [9.17, 15) is 4.79 Å². The van der Waals surface area contributed by atoms with Gasteiger partial charge in [0.2, 0.25) is 0 Å². The topological polar surface area (TPSA) is 50.7 Å². The van der Waals surface area contributed by atoms with Crippen LogP contribution in [0.15, 0.2) is 47.4 Å². The fourth-order valence-corrected chi connectivity index (χ4v) is 2.79. The van der Waals surface area contributed by atoms with Gasteiger partial charge in [-0.1, -0.05) is 18.2 Å². The van der Waals surface area contributed by atoms with E-state index >= 15 is 0 Å². The largest absolute Gasteiger partial charge is 0.339 e. The van der Waals surface area contributed by atoms with Crippen molar-refractivity contribution in [3.8, 4) is 0 Å². The molecule has 0 unspecified atom stereocenters. The third kappa shape index (κ3) is 1.23. The van der Waals surface area contributed by atoms with E-state index in [2.05, 4.69) is 9.97 Å². The molecule has 0 spiro atoms. The Morgan fingerprint density at radius 1 is 1.16 bits per heavy atom. The molecule has 19 heavy (non-hydrogen) atoms. The van der Waals surface area contributed by atoms with Gasteiger partial charge in [-0.25, -0.2) is 0 Å². The van der Waals surface area contributed by atoms with Crippen molar-refractivity contribution in [2.24, 2.45) is 7.05 Å². The number of para-hydroxylation sites is 1. The molecule has 92 valence electrons. The summed E-state index contributed by atoms with van der Waals surface area (Å²) in [7, 11) is 1.91. The van der Waals surface area contributed by atoms with Crippen molar-refractivity contribution < 1.29 is 0 Å². The average molecular weight is 249 g/mol. The Kier molecular flexibility index (Phi) is 1.87. The monoisotopic (exact) mass is 249 g/mol. The third-order valence-electron chi connectivity index (χ3n) is 3.61. The van der Waals surface area contributed by atoms with Gasteiger partial charge in [0.1, 0.15) is 5.52 Å². The van der Waals surface area contributed by atoms with Crippen molar-refractivity contribution in [3.05, 3.63) is 52.9 Å². The van der Waals surface area contributed by atoms with E-state index in [-0.39, 0.29) is 5.56 Å². The van der Waals surface area contributed by atoms with E-state index in [0.717, 1.165) is 27.3 Å². The molecule has 0 saturated carbocycles. The van der Waals surface area contributed by atoms with Crippen molar-refractivity contribution in [3.63, 3.8) is 0 Å². The summed E-state index contributed by atoms with van der Waals surface area (Å²) in [6.07, 6.45) is 1.75. The quantitative estimate of drug-likeness (QED) is 0.520. The van der Waals surface area contributed by atoms with Gasteiger partial charge in [-0.2, -0.15) is 0 Å². The predicted molar refractivity (Wildman–Crippen MR) is 76.3 cm³/mol. The van der Waals surface area contributed by atoms with Crippen molar-refractivity contribution in [1.29, 1.82) is 0 Å². The molecule has 4 rings (SSSR count). The Balaban J connectivity index is 2.49. The molecule has 0 aliphatic heterocycles. The maximum Gasteiger partial charge on any atom is 0.273 e. The Hall–Kier alpha value is -2.62. The number of benzene rings is 1. The summed E-state index contributed by atoms with van der Waals surface area (Å²) in [6, 6.07) is 11.7. The molecular weight excluding hydrogens is 238 g/mol. The summed E-state index contributed by atoms with van der Waals surface area (Å²) in [5.74, 6) is 0. The van der Waals surface area contributed by atoms with E-state index in [1.807, 2.05) is 48.0 Å². The van der Waals surface area contributed by atoms with Crippen LogP contribution in [0.2, 0.25) is 0 Å². The highest BCUT2D eigenvalue weighted by molar-refractivity contribution is 6.18. The lowest BCUT2D eigenvalue weighted by Gasteiger charge is -1.99. The molecule has 4 heteroatoms.